The molecule has 0 saturated heterocycles. The molecule has 3 aromatic rings. The number of H-pyrrole nitrogens is 1. The Morgan fingerprint density at radius 1 is 1.17 bits per heavy atom. The van der Waals surface area contributed by atoms with Gasteiger partial charge in [-0.25, -0.2) is 4.39 Å². The second kappa shape index (κ2) is 9.34. The van der Waals surface area contributed by atoms with E-state index in [0.717, 1.165) is 5.39 Å². The minimum atomic E-state index is -0.603. The van der Waals surface area contributed by atoms with Crippen molar-refractivity contribution >= 4 is 16.8 Å². The lowest BCUT2D eigenvalue weighted by atomic mass is 10.1. The van der Waals surface area contributed by atoms with Gasteiger partial charge < -0.3 is 19.4 Å². The quantitative estimate of drug-likeness (QED) is 0.632. The summed E-state index contributed by atoms with van der Waals surface area (Å²) >= 11 is 0. The first-order chi connectivity index (χ1) is 14.0. The lowest BCUT2D eigenvalue weighted by Gasteiger charge is -2.22. The van der Waals surface area contributed by atoms with Crippen LogP contribution in [-0.2, 0) is 11.3 Å². The van der Waals surface area contributed by atoms with E-state index in [2.05, 4.69) is 4.98 Å². The number of amides is 1. The van der Waals surface area contributed by atoms with Crippen molar-refractivity contribution in [1.29, 1.82) is 0 Å². The van der Waals surface area contributed by atoms with Gasteiger partial charge in [-0.2, -0.15) is 0 Å². The second-order valence-corrected chi connectivity index (χ2v) is 6.51. The topological polar surface area (TPSA) is 71.6 Å². The number of carbonyl (C=O) groups is 1. The fourth-order valence-corrected chi connectivity index (χ4v) is 3.07. The number of benzene rings is 2. The smallest absolute Gasteiger partial charge is 0.257 e. The van der Waals surface area contributed by atoms with Gasteiger partial charge in [-0.05, 0) is 43.3 Å². The number of nitrogens with one attached hydrogen (secondary N) is 1. The highest BCUT2D eigenvalue weighted by Gasteiger charge is 2.20. The Morgan fingerprint density at radius 3 is 2.69 bits per heavy atom. The zero-order valence-corrected chi connectivity index (χ0v) is 16.4. The maximum absolute atomic E-state index is 14.1. The van der Waals surface area contributed by atoms with Crippen LogP contribution in [0.1, 0.15) is 22.8 Å². The number of fused-ring (bicyclic) bond motifs is 1. The Hall–Kier alpha value is -3.19. The van der Waals surface area contributed by atoms with E-state index in [1.807, 2.05) is 13.0 Å². The third-order valence-corrected chi connectivity index (χ3v) is 4.52. The standard InChI is InChI=1S/C22H23FN2O4/c1-3-29-17-8-9-20-15(13-17)12-16(21(26)24-20)14-25(10-11-28-2)22(27)18-6-4-5-7-19(18)23/h4-9,12-13H,3,10-11,14H2,1-2H3,(H,24,26). The predicted molar refractivity (Wildman–Crippen MR) is 109 cm³/mol. The minimum Gasteiger partial charge on any atom is -0.494 e. The summed E-state index contributed by atoms with van der Waals surface area (Å²) in [5, 5.41) is 0.788. The van der Waals surface area contributed by atoms with Gasteiger partial charge in [0.2, 0.25) is 0 Å². The molecule has 0 aliphatic carbocycles. The molecule has 0 spiro atoms. The van der Waals surface area contributed by atoms with Crippen molar-refractivity contribution in [1.82, 2.24) is 9.88 Å². The average Bonchev–Trinajstić information content (AvgIpc) is 2.71. The van der Waals surface area contributed by atoms with Crippen molar-refractivity contribution in [2.24, 2.45) is 0 Å². The molecule has 0 radical (unpaired) electrons. The number of carbonyl (C=O) groups excluding carboxylic acids is 1. The Labute approximate surface area is 167 Å². The molecule has 1 N–H and O–H groups in total. The van der Waals surface area contributed by atoms with Gasteiger partial charge in [-0.1, -0.05) is 12.1 Å². The van der Waals surface area contributed by atoms with E-state index in [1.165, 1.54) is 30.2 Å². The highest BCUT2D eigenvalue weighted by Crippen LogP contribution is 2.20. The highest BCUT2D eigenvalue weighted by molar-refractivity contribution is 5.94. The molecule has 0 fully saturated rings. The monoisotopic (exact) mass is 398 g/mol. The summed E-state index contributed by atoms with van der Waals surface area (Å²) in [6.07, 6.45) is 0. The molecule has 0 bridgehead atoms. The fraction of sp³-hybridized carbons (Fsp3) is 0.273. The number of hydrogen-bond acceptors (Lipinski definition) is 4. The summed E-state index contributed by atoms with van der Waals surface area (Å²) in [6, 6.07) is 12.9. The van der Waals surface area contributed by atoms with Crippen LogP contribution in [0.2, 0.25) is 0 Å². The highest BCUT2D eigenvalue weighted by atomic mass is 19.1. The molecule has 6 nitrogen and oxygen atoms in total. The molecule has 1 amide bonds. The zero-order valence-electron chi connectivity index (χ0n) is 16.4. The van der Waals surface area contributed by atoms with Gasteiger partial charge in [0.15, 0.2) is 0 Å². The number of ether oxygens (including phenoxy) is 2. The molecule has 1 aromatic heterocycles. The van der Waals surface area contributed by atoms with Crippen LogP contribution < -0.4 is 10.3 Å². The molecule has 0 saturated carbocycles. The van der Waals surface area contributed by atoms with E-state index in [1.54, 1.807) is 24.3 Å². The van der Waals surface area contributed by atoms with E-state index >= 15 is 0 Å². The number of methoxy groups -OCH3 is 1. The van der Waals surface area contributed by atoms with Gasteiger partial charge in [0, 0.05) is 30.1 Å². The lowest BCUT2D eigenvalue weighted by molar-refractivity contribution is 0.0675. The van der Waals surface area contributed by atoms with Crippen LogP contribution in [0.25, 0.3) is 10.9 Å². The second-order valence-electron chi connectivity index (χ2n) is 6.51. The summed E-state index contributed by atoms with van der Waals surface area (Å²) in [5.74, 6) is -0.409. The van der Waals surface area contributed by atoms with E-state index in [0.29, 0.717) is 23.4 Å². The third kappa shape index (κ3) is 4.81. The molecule has 3 rings (SSSR count). The van der Waals surface area contributed by atoms with Crippen molar-refractivity contribution in [2.45, 2.75) is 13.5 Å². The maximum atomic E-state index is 14.1. The lowest BCUT2D eigenvalue weighted by Crippen LogP contribution is -2.35. The van der Waals surface area contributed by atoms with Crippen LogP contribution in [0.3, 0.4) is 0 Å². The first kappa shape index (κ1) is 20.5. The molecule has 152 valence electrons. The third-order valence-electron chi connectivity index (χ3n) is 4.52. The molecule has 2 aromatic carbocycles. The molecule has 0 unspecified atom stereocenters. The van der Waals surface area contributed by atoms with Gasteiger partial charge in [0.25, 0.3) is 11.5 Å². The Morgan fingerprint density at radius 2 is 1.97 bits per heavy atom. The number of aromatic amines is 1. The van der Waals surface area contributed by atoms with Gasteiger partial charge in [-0.3, -0.25) is 9.59 Å². The van der Waals surface area contributed by atoms with Crippen molar-refractivity contribution in [3.8, 4) is 5.75 Å². The first-order valence-corrected chi connectivity index (χ1v) is 9.35. The largest absolute Gasteiger partial charge is 0.494 e. The zero-order chi connectivity index (χ0) is 20.8. The number of aromatic nitrogens is 1. The van der Waals surface area contributed by atoms with Gasteiger partial charge in [0.05, 0.1) is 25.3 Å². The van der Waals surface area contributed by atoms with Crippen LogP contribution in [0.5, 0.6) is 5.75 Å². The molecular formula is C22H23FN2O4. The maximum Gasteiger partial charge on any atom is 0.257 e. The summed E-state index contributed by atoms with van der Waals surface area (Å²) < 4.78 is 24.7. The Kier molecular flexibility index (Phi) is 6.61. The average molecular weight is 398 g/mol. The van der Waals surface area contributed by atoms with Crippen LogP contribution in [0.4, 0.5) is 4.39 Å². The van der Waals surface area contributed by atoms with E-state index in [-0.39, 0.29) is 30.8 Å². The van der Waals surface area contributed by atoms with E-state index in [4.69, 9.17) is 9.47 Å². The first-order valence-electron chi connectivity index (χ1n) is 9.35. The fourth-order valence-electron chi connectivity index (χ4n) is 3.07. The minimum absolute atomic E-state index is 0.0284. The van der Waals surface area contributed by atoms with Crippen LogP contribution in [0, 0.1) is 5.82 Å². The molecule has 0 aliphatic rings. The predicted octanol–water partition coefficient (Wildman–Crippen LogP) is 3.35. The molecule has 0 atom stereocenters. The molecule has 7 heteroatoms. The van der Waals surface area contributed by atoms with E-state index in [9.17, 15) is 14.0 Å². The molecular weight excluding hydrogens is 375 g/mol. The summed E-state index contributed by atoms with van der Waals surface area (Å²) in [5.41, 5.74) is 0.725. The molecule has 1 heterocycles. The van der Waals surface area contributed by atoms with Crippen molar-refractivity contribution in [3.05, 3.63) is 75.8 Å². The number of nitrogens with zero attached hydrogens (tertiary/aromatic N) is 1. The van der Waals surface area contributed by atoms with Gasteiger partial charge in [0.1, 0.15) is 11.6 Å². The van der Waals surface area contributed by atoms with Crippen LogP contribution >= 0.6 is 0 Å². The van der Waals surface area contributed by atoms with E-state index < -0.39 is 11.7 Å². The van der Waals surface area contributed by atoms with Crippen molar-refractivity contribution in [2.75, 3.05) is 26.9 Å². The number of halogens is 1. The number of hydrogen-bond donors (Lipinski definition) is 1. The summed E-state index contributed by atoms with van der Waals surface area (Å²) in [6.45, 7) is 2.94. The molecule has 0 aliphatic heterocycles. The van der Waals surface area contributed by atoms with Gasteiger partial charge in [-0.15, -0.1) is 0 Å². The Balaban J connectivity index is 1.95. The molecule has 29 heavy (non-hydrogen) atoms. The normalized spacial score (nSPS) is 10.9. The summed E-state index contributed by atoms with van der Waals surface area (Å²) in [4.78, 5) is 29.7. The van der Waals surface area contributed by atoms with Crippen molar-refractivity contribution < 1.29 is 18.7 Å². The SMILES string of the molecule is CCOc1ccc2[nH]c(=O)c(CN(CCOC)C(=O)c3ccccc3F)cc2c1. The van der Waals surface area contributed by atoms with Crippen LogP contribution in [0.15, 0.2) is 53.3 Å². The Bertz CT molecular complexity index is 1060. The van der Waals surface area contributed by atoms with Gasteiger partial charge >= 0.3 is 0 Å². The summed E-state index contributed by atoms with van der Waals surface area (Å²) in [7, 11) is 1.52. The van der Waals surface area contributed by atoms with Crippen molar-refractivity contribution in [3.63, 3.8) is 0 Å². The number of pyridine rings is 1. The number of rotatable bonds is 8. The van der Waals surface area contributed by atoms with Crippen LogP contribution in [-0.4, -0.2) is 42.7 Å².